The molecule has 0 saturated heterocycles. The summed E-state index contributed by atoms with van der Waals surface area (Å²) in [4.78, 5) is 23.6. The molecule has 0 amide bonds. The first-order chi connectivity index (χ1) is 11.8. The van der Waals surface area contributed by atoms with Gasteiger partial charge in [0.05, 0.1) is 5.92 Å². The number of rotatable bonds is 7. The van der Waals surface area contributed by atoms with Gasteiger partial charge in [-0.3, -0.25) is 9.59 Å². The van der Waals surface area contributed by atoms with Gasteiger partial charge in [0.2, 0.25) is 0 Å². The first kappa shape index (κ1) is 18.8. The summed E-state index contributed by atoms with van der Waals surface area (Å²) in [5, 5.41) is 9.24. The van der Waals surface area contributed by atoms with Crippen molar-refractivity contribution in [2.75, 3.05) is 0 Å². The zero-order valence-corrected chi connectivity index (χ0v) is 14.1. The molecule has 0 heterocycles. The number of ketones is 1. The summed E-state index contributed by atoms with van der Waals surface area (Å²) in [7, 11) is 0. The lowest BCUT2D eigenvalue weighted by atomic mass is 9.90. The molecule has 0 spiro atoms. The lowest BCUT2D eigenvalue weighted by molar-refractivity contribution is -0.142. The molecule has 5 heteroatoms. The number of carbonyl (C=O) groups excluding carboxylic acids is 1. The molecule has 0 fully saturated rings. The Hall–Kier alpha value is -2.56. The highest BCUT2D eigenvalue weighted by atomic mass is 19.1. The highest BCUT2D eigenvalue weighted by Gasteiger charge is 2.23. The van der Waals surface area contributed by atoms with Gasteiger partial charge in [0.25, 0.3) is 0 Å². The molecule has 0 aliphatic carbocycles. The number of carboxylic acid groups (broad SMARTS) is 1. The van der Waals surface area contributed by atoms with E-state index in [1.165, 1.54) is 24.3 Å². The molecule has 2 aromatic rings. The Kier molecular flexibility index (Phi) is 6.02. The van der Waals surface area contributed by atoms with Crippen LogP contribution in [-0.4, -0.2) is 16.9 Å². The zero-order chi connectivity index (χ0) is 18.6. The van der Waals surface area contributed by atoms with Crippen molar-refractivity contribution in [3.05, 3.63) is 59.7 Å². The summed E-state index contributed by atoms with van der Waals surface area (Å²) in [6.45, 7) is 3.82. The van der Waals surface area contributed by atoms with E-state index in [-0.39, 0.29) is 23.7 Å². The van der Waals surface area contributed by atoms with Crippen molar-refractivity contribution in [3.63, 3.8) is 0 Å². The summed E-state index contributed by atoms with van der Waals surface area (Å²) in [6, 6.07) is 9.52. The highest BCUT2D eigenvalue weighted by molar-refractivity contribution is 5.98. The van der Waals surface area contributed by atoms with Crippen molar-refractivity contribution in [1.29, 1.82) is 0 Å². The normalized spacial score (nSPS) is 12.2. The van der Waals surface area contributed by atoms with E-state index >= 15 is 0 Å². The van der Waals surface area contributed by atoms with Crippen LogP contribution in [0.1, 0.15) is 37.0 Å². The minimum Gasteiger partial charge on any atom is -0.481 e. The van der Waals surface area contributed by atoms with Gasteiger partial charge in [-0.25, -0.2) is 8.78 Å². The minimum atomic E-state index is -0.980. The van der Waals surface area contributed by atoms with Gasteiger partial charge in [0.1, 0.15) is 11.6 Å². The maximum absolute atomic E-state index is 13.8. The van der Waals surface area contributed by atoms with Crippen LogP contribution in [0.3, 0.4) is 0 Å². The largest absolute Gasteiger partial charge is 0.481 e. The highest BCUT2D eigenvalue weighted by Crippen LogP contribution is 2.25. The summed E-state index contributed by atoms with van der Waals surface area (Å²) >= 11 is 0. The van der Waals surface area contributed by atoms with Crippen LogP contribution in [-0.2, 0) is 4.79 Å². The maximum atomic E-state index is 13.8. The number of aliphatic carboxylic acids is 1. The molecule has 3 nitrogen and oxygen atoms in total. The molecule has 2 rings (SSSR count). The lowest BCUT2D eigenvalue weighted by Crippen LogP contribution is -2.20. The third-order valence-electron chi connectivity index (χ3n) is 3.99. The Morgan fingerprint density at radius 2 is 1.68 bits per heavy atom. The molecule has 0 aliphatic rings. The molecule has 0 aliphatic heterocycles. The third-order valence-corrected chi connectivity index (χ3v) is 3.99. The second-order valence-electron chi connectivity index (χ2n) is 6.49. The standard InChI is InChI=1S/C20H20F2O3/c1-12(2)9-15(20(24)25)10-19(23)14-5-3-13(4-6-14)17-8-7-16(21)11-18(17)22/h3-8,11-12,15H,9-10H2,1-2H3,(H,24,25). The van der Waals surface area contributed by atoms with Crippen molar-refractivity contribution >= 4 is 11.8 Å². The van der Waals surface area contributed by atoms with Gasteiger partial charge in [-0.2, -0.15) is 0 Å². The fourth-order valence-electron chi connectivity index (χ4n) is 2.74. The maximum Gasteiger partial charge on any atom is 0.306 e. The average Bonchev–Trinajstić information content (AvgIpc) is 2.54. The molecule has 25 heavy (non-hydrogen) atoms. The van der Waals surface area contributed by atoms with Crippen molar-refractivity contribution in [2.45, 2.75) is 26.7 Å². The summed E-state index contributed by atoms with van der Waals surface area (Å²) in [5.41, 5.74) is 1.14. The first-order valence-corrected chi connectivity index (χ1v) is 8.09. The molecule has 2 aromatic carbocycles. The molecule has 0 aromatic heterocycles. The minimum absolute atomic E-state index is 0.0717. The van der Waals surface area contributed by atoms with E-state index in [0.717, 1.165) is 6.07 Å². The van der Waals surface area contributed by atoms with Crippen molar-refractivity contribution in [3.8, 4) is 11.1 Å². The van der Waals surface area contributed by atoms with Crippen LogP contribution >= 0.6 is 0 Å². The second kappa shape index (κ2) is 8.01. The van der Waals surface area contributed by atoms with Crippen LogP contribution in [0.2, 0.25) is 0 Å². The summed E-state index contributed by atoms with van der Waals surface area (Å²) < 4.78 is 26.8. The first-order valence-electron chi connectivity index (χ1n) is 8.09. The molecule has 1 atom stereocenters. The Balaban J connectivity index is 2.15. The summed E-state index contributed by atoms with van der Waals surface area (Å²) in [6.07, 6.45) is 0.359. The van der Waals surface area contributed by atoms with E-state index < -0.39 is 23.5 Å². The van der Waals surface area contributed by atoms with E-state index in [1.54, 1.807) is 12.1 Å². The Morgan fingerprint density at radius 1 is 1.04 bits per heavy atom. The van der Waals surface area contributed by atoms with Gasteiger partial charge < -0.3 is 5.11 Å². The fourth-order valence-corrected chi connectivity index (χ4v) is 2.74. The van der Waals surface area contributed by atoms with Gasteiger partial charge in [-0.1, -0.05) is 38.1 Å². The molecule has 0 radical (unpaired) electrons. The Bertz CT molecular complexity index is 767. The molecular weight excluding hydrogens is 326 g/mol. The predicted molar refractivity (Wildman–Crippen MR) is 91.3 cm³/mol. The fraction of sp³-hybridized carbons (Fsp3) is 0.300. The van der Waals surface area contributed by atoms with Crippen LogP contribution in [0.5, 0.6) is 0 Å². The predicted octanol–water partition coefficient (Wildman–Crippen LogP) is 4.95. The molecule has 1 unspecified atom stereocenters. The molecule has 132 valence electrons. The lowest BCUT2D eigenvalue weighted by Gasteiger charge is -2.14. The number of hydrogen-bond acceptors (Lipinski definition) is 2. The quantitative estimate of drug-likeness (QED) is 0.722. The van der Waals surface area contributed by atoms with Crippen molar-refractivity contribution in [1.82, 2.24) is 0 Å². The Labute approximate surface area is 145 Å². The third kappa shape index (κ3) is 4.95. The van der Waals surface area contributed by atoms with E-state index in [2.05, 4.69) is 0 Å². The number of carbonyl (C=O) groups is 2. The van der Waals surface area contributed by atoms with Crippen LogP contribution in [0.25, 0.3) is 11.1 Å². The second-order valence-corrected chi connectivity index (χ2v) is 6.49. The monoisotopic (exact) mass is 346 g/mol. The van der Waals surface area contributed by atoms with Crippen LogP contribution in [0.4, 0.5) is 8.78 Å². The van der Waals surface area contributed by atoms with E-state index in [4.69, 9.17) is 0 Å². The number of hydrogen-bond donors (Lipinski definition) is 1. The molecule has 1 N–H and O–H groups in total. The SMILES string of the molecule is CC(C)CC(CC(=O)c1ccc(-c2ccc(F)cc2F)cc1)C(=O)O. The van der Waals surface area contributed by atoms with Crippen molar-refractivity contribution < 1.29 is 23.5 Å². The van der Waals surface area contributed by atoms with Gasteiger partial charge in [-0.15, -0.1) is 0 Å². The number of benzene rings is 2. The van der Waals surface area contributed by atoms with E-state index in [1.807, 2.05) is 13.8 Å². The topological polar surface area (TPSA) is 54.4 Å². The van der Waals surface area contributed by atoms with Crippen molar-refractivity contribution in [2.24, 2.45) is 11.8 Å². The zero-order valence-electron chi connectivity index (χ0n) is 14.1. The van der Waals surface area contributed by atoms with E-state index in [0.29, 0.717) is 17.5 Å². The smallest absolute Gasteiger partial charge is 0.306 e. The van der Waals surface area contributed by atoms with Crippen LogP contribution in [0.15, 0.2) is 42.5 Å². The number of Topliss-reactive ketones (excluding diaryl/α,β-unsaturated/α-hetero) is 1. The number of carboxylic acids is 1. The summed E-state index contributed by atoms with van der Waals surface area (Å²) in [5.74, 6) is -3.12. The molecule has 0 bridgehead atoms. The van der Waals surface area contributed by atoms with Gasteiger partial charge in [0, 0.05) is 23.6 Å². The van der Waals surface area contributed by atoms with Gasteiger partial charge in [0.15, 0.2) is 5.78 Å². The van der Waals surface area contributed by atoms with E-state index in [9.17, 15) is 23.5 Å². The van der Waals surface area contributed by atoms with Gasteiger partial charge >= 0.3 is 5.97 Å². The average molecular weight is 346 g/mol. The molecular formula is C20H20F2O3. The number of halogens is 2. The van der Waals surface area contributed by atoms with Crippen LogP contribution < -0.4 is 0 Å². The Morgan fingerprint density at radius 3 is 2.20 bits per heavy atom. The molecule has 0 saturated carbocycles. The van der Waals surface area contributed by atoms with Gasteiger partial charge in [-0.05, 0) is 30.0 Å². The van der Waals surface area contributed by atoms with Crippen LogP contribution in [0, 0.1) is 23.5 Å².